The minimum absolute atomic E-state index is 0.341. The molecule has 0 N–H and O–H groups in total. The van der Waals surface area contributed by atoms with Crippen molar-refractivity contribution in [2.24, 2.45) is 0 Å². The van der Waals surface area contributed by atoms with Crippen molar-refractivity contribution in [1.29, 1.82) is 0 Å². The maximum Gasteiger partial charge on any atom is 0.330 e. The van der Waals surface area contributed by atoms with Crippen LogP contribution in [-0.4, -0.2) is 28.7 Å². The maximum absolute atomic E-state index is 10.6. The molecular formula is C9H18O3Si. The van der Waals surface area contributed by atoms with Gasteiger partial charge in [-0.25, -0.2) is 4.79 Å². The first-order valence-electron chi connectivity index (χ1n) is 4.56. The molecule has 0 aromatic rings. The first-order chi connectivity index (χ1) is 6.24. The van der Waals surface area contributed by atoms with Gasteiger partial charge >= 0.3 is 5.97 Å². The summed E-state index contributed by atoms with van der Waals surface area (Å²) in [7, 11) is 0.779. The van der Waals surface area contributed by atoms with Crippen molar-refractivity contribution < 1.29 is 14.0 Å². The van der Waals surface area contributed by atoms with Gasteiger partial charge in [0.2, 0.25) is 0 Å². The van der Waals surface area contributed by atoms with Crippen LogP contribution in [0.2, 0.25) is 12.1 Å². The van der Waals surface area contributed by atoms with E-state index in [1.165, 1.54) is 6.08 Å². The first kappa shape index (κ1) is 12.4. The summed E-state index contributed by atoms with van der Waals surface area (Å²) in [6.45, 7) is 5.94. The van der Waals surface area contributed by atoms with Crippen LogP contribution in [0.15, 0.2) is 12.7 Å². The van der Waals surface area contributed by atoms with Crippen LogP contribution >= 0.6 is 0 Å². The lowest BCUT2D eigenvalue weighted by molar-refractivity contribution is -0.137. The molecule has 0 aliphatic rings. The van der Waals surface area contributed by atoms with Gasteiger partial charge in [-0.1, -0.05) is 13.5 Å². The number of carbonyl (C=O) groups is 1. The molecule has 0 amide bonds. The number of hydrogen-bond acceptors (Lipinski definition) is 3. The second kappa shape index (κ2) is 8.01. The van der Waals surface area contributed by atoms with Gasteiger partial charge in [-0.3, -0.25) is 0 Å². The van der Waals surface area contributed by atoms with Crippen LogP contribution in [0.25, 0.3) is 0 Å². The Hall–Kier alpha value is -0.613. The summed E-state index contributed by atoms with van der Waals surface area (Å²) >= 11 is 0. The standard InChI is InChI=1S/C9H18O3Si/c1-4-9(10)12-7-6-8-13(5-2)11-3/h4,13H,1,5-8H2,2-3H3. The van der Waals surface area contributed by atoms with Crippen LogP contribution in [-0.2, 0) is 14.0 Å². The van der Waals surface area contributed by atoms with E-state index in [9.17, 15) is 4.79 Å². The fourth-order valence-corrected chi connectivity index (χ4v) is 2.63. The fraction of sp³-hybridized carbons (Fsp3) is 0.667. The number of hydrogen-bond donors (Lipinski definition) is 0. The minimum atomic E-state index is -0.981. The van der Waals surface area contributed by atoms with Gasteiger partial charge in [0.05, 0.1) is 6.61 Å². The summed E-state index contributed by atoms with van der Waals surface area (Å²) in [6.07, 6.45) is 2.09. The molecule has 0 saturated carbocycles. The zero-order valence-electron chi connectivity index (χ0n) is 8.41. The Kier molecular flexibility index (Phi) is 7.63. The van der Waals surface area contributed by atoms with Gasteiger partial charge in [0, 0.05) is 13.2 Å². The number of esters is 1. The summed E-state index contributed by atoms with van der Waals surface area (Å²) in [4.78, 5) is 10.6. The van der Waals surface area contributed by atoms with Gasteiger partial charge < -0.3 is 9.16 Å². The van der Waals surface area contributed by atoms with Crippen LogP contribution in [0.3, 0.4) is 0 Å². The first-order valence-corrected chi connectivity index (χ1v) is 6.67. The lowest BCUT2D eigenvalue weighted by Crippen LogP contribution is -2.15. The highest BCUT2D eigenvalue weighted by molar-refractivity contribution is 6.51. The van der Waals surface area contributed by atoms with E-state index in [-0.39, 0.29) is 5.97 Å². The molecular weight excluding hydrogens is 184 g/mol. The molecule has 3 nitrogen and oxygen atoms in total. The topological polar surface area (TPSA) is 35.5 Å². The van der Waals surface area contributed by atoms with E-state index in [1.54, 1.807) is 7.11 Å². The highest BCUT2D eigenvalue weighted by Crippen LogP contribution is 2.03. The molecule has 1 unspecified atom stereocenters. The zero-order valence-corrected chi connectivity index (χ0v) is 9.57. The summed E-state index contributed by atoms with van der Waals surface area (Å²) < 4.78 is 10.2. The van der Waals surface area contributed by atoms with E-state index < -0.39 is 9.04 Å². The number of carbonyl (C=O) groups excluding carboxylic acids is 1. The molecule has 0 saturated heterocycles. The Morgan fingerprint density at radius 1 is 1.62 bits per heavy atom. The molecule has 0 aromatic heterocycles. The highest BCUT2D eigenvalue weighted by Gasteiger charge is 2.06. The van der Waals surface area contributed by atoms with Crippen LogP contribution in [0.1, 0.15) is 13.3 Å². The van der Waals surface area contributed by atoms with E-state index in [1.807, 2.05) is 0 Å². The average molecular weight is 202 g/mol. The minimum Gasteiger partial charge on any atom is -0.463 e. The van der Waals surface area contributed by atoms with Crippen molar-refractivity contribution in [3.05, 3.63) is 12.7 Å². The second-order valence-corrected chi connectivity index (χ2v) is 5.89. The summed E-state index contributed by atoms with van der Waals surface area (Å²) in [6, 6.07) is 2.20. The number of ether oxygens (including phenoxy) is 1. The van der Waals surface area contributed by atoms with E-state index >= 15 is 0 Å². The summed E-state index contributed by atoms with van der Waals surface area (Å²) in [5.41, 5.74) is 0. The smallest absolute Gasteiger partial charge is 0.330 e. The van der Waals surface area contributed by atoms with Gasteiger partial charge in [0.15, 0.2) is 9.04 Å². The third-order valence-corrected chi connectivity index (χ3v) is 4.50. The molecule has 0 heterocycles. The molecule has 0 fully saturated rings. The molecule has 4 heteroatoms. The van der Waals surface area contributed by atoms with Crippen molar-refractivity contribution in [2.45, 2.75) is 25.4 Å². The third-order valence-electron chi connectivity index (χ3n) is 1.87. The molecule has 13 heavy (non-hydrogen) atoms. The van der Waals surface area contributed by atoms with Gasteiger partial charge in [0.25, 0.3) is 0 Å². The average Bonchev–Trinajstić information content (AvgIpc) is 2.18. The molecule has 76 valence electrons. The zero-order chi connectivity index (χ0) is 10.1. The van der Waals surface area contributed by atoms with Gasteiger partial charge in [-0.15, -0.1) is 0 Å². The molecule has 0 radical (unpaired) electrons. The van der Waals surface area contributed by atoms with Crippen LogP contribution in [0.4, 0.5) is 0 Å². The Morgan fingerprint density at radius 2 is 2.31 bits per heavy atom. The Balaban J connectivity index is 3.33. The van der Waals surface area contributed by atoms with Crippen LogP contribution in [0, 0.1) is 0 Å². The van der Waals surface area contributed by atoms with Crippen LogP contribution < -0.4 is 0 Å². The lowest BCUT2D eigenvalue weighted by atomic mass is 10.5. The predicted octanol–water partition coefficient (Wildman–Crippen LogP) is 1.50. The molecule has 0 aliphatic heterocycles. The van der Waals surface area contributed by atoms with E-state index in [2.05, 4.69) is 13.5 Å². The maximum atomic E-state index is 10.6. The van der Waals surface area contributed by atoms with Crippen LogP contribution in [0.5, 0.6) is 0 Å². The third kappa shape index (κ3) is 6.54. The fourth-order valence-electron chi connectivity index (χ4n) is 1.03. The number of rotatable bonds is 7. The Morgan fingerprint density at radius 3 is 2.77 bits per heavy atom. The Bertz CT molecular complexity index is 155. The van der Waals surface area contributed by atoms with E-state index in [0.29, 0.717) is 6.61 Å². The second-order valence-electron chi connectivity index (χ2n) is 2.78. The van der Waals surface area contributed by atoms with Crippen molar-refractivity contribution in [3.63, 3.8) is 0 Å². The van der Waals surface area contributed by atoms with Crippen molar-refractivity contribution in [1.82, 2.24) is 0 Å². The normalized spacial score (nSPS) is 12.2. The monoisotopic (exact) mass is 202 g/mol. The van der Waals surface area contributed by atoms with E-state index in [0.717, 1.165) is 18.5 Å². The summed E-state index contributed by atoms with van der Waals surface area (Å²) in [5, 5.41) is 0. The molecule has 0 aliphatic carbocycles. The van der Waals surface area contributed by atoms with Gasteiger partial charge in [-0.2, -0.15) is 0 Å². The summed E-state index contributed by atoms with van der Waals surface area (Å²) in [5.74, 6) is -0.341. The quantitative estimate of drug-likeness (QED) is 0.272. The molecule has 0 aromatic carbocycles. The van der Waals surface area contributed by atoms with Crippen molar-refractivity contribution in [2.75, 3.05) is 13.7 Å². The largest absolute Gasteiger partial charge is 0.463 e. The predicted molar refractivity (Wildman–Crippen MR) is 55.2 cm³/mol. The molecule has 0 spiro atoms. The van der Waals surface area contributed by atoms with E-state index in [4.69, 9.17) is 9.16 Å². The molecule has 1 atom stereocenters. The van der Waals surface area contributed by atoms with Crippen molar-refractivity contribution in [3.8, 4) is 0 Å². The Labute approximate surface area is 81.5 Å². The molecule has 0 rings (SSSR count). The van der Waals surface area contributed by atoms with Crippen molar-refractivity contribution >= 4 is 15.0 Å². The van der Waals surface area contributed by atoms with Gasteiger partial charge in [-0.05, 0) is 18.5 Å². The lowest BCUT2D eigenvalue weighted by Gasteiger charge is -2.09. The SMILES string of the molecule is C=CC(=O)OCCC[SiH](CC)OC. The van der Waals surface area contributed by atoms with Gasteiger partial charge in [0.1, 0.15) is 0 Å². The molecule has 0 bridgehead atoms. The highest BCUT2D eigenvalue weighted by atomic mass is 28.3.